The molecule has 2 saturated carbocycles. The van der Waals surface area contributed by atoms with Gasteiger partial charge in [-0.15, -0.1) is 0 Å². The van der Waals surface area contributed by atoms with Crippen molar-refractivity contribution in [2.75, 3.05) is 26.2 Å². The molecule has 5 atom stereocenters. The molecular weight excluding hydrogens is 356 g/mol. The number of allylic oxidation sites excluding steroid dienone is 1. The van der Waals surface area contributed by atoms with Crippen LogP contribution < -0.4 is 11.1 Å². The van der Waals surface area contributed by atoms with Gasteiger partial charge in [0.25, 0.3) is 0 Å². The summed E-state index contributed by atoms with van der Waals surface area (Å²) in [6, 6.07) is 1.07. The summed E-state index contributed by atoms with van der Waals surface area (Å²) in [6.07, 6.45) is 17.2. The Hall–Kier alpha value is -0.970. The van der Waals surface area contributed by atoms with Crippen LogP contribution >= 0.6 is 0 Å². The number of rotatable bonds is 7. The van der Waals surface area contributed by atoms with E-state index in [1.54, 1.807) is 0 Å². The van der Waals surface area contributed by atoms with Gasteiger partial charge in [0.15, 0.2) is 0 Å². The van der Waals surface area contributed by atoms with E-state index in [4.69, 9.17) is 10.7 Å². The van der Waals surface area contributed by atoms with Crippen LogP contribution in [0.25, 0.3) is 0 Å². The van der Waals surface area contributed by atoms with Crippen LogP contribution in [0.5, 0.6) is 0 Å². The lowest BCUT2D eigenvalue weighted by atomic mass is 9.73. The number of hydrogen-bond acceptors (Lipinski definition) is 4. The minimum atomic E-state index is 0.460. The Morgan fingerprint density at radius 2 is 1.97 bits per heavy atom. The van der Waals surface area contributed by atoms with Crippen LogP contribution in [-0.4, -0.2) is 48.9 Å². The molecule has 3 rings (SSSR count). The van der Waals surface area contributed by atoms with Gasteiger partial charge < -0.3 is 11.1 Å². The second-order valence-corrected chi connectivity index (χ2v) is 9.75. The van der Waals surface area contributed by atoms with E-state index in [0.717, 1.165) is 24.9 Å². The highest BCUT2D eigenvalue weighted by Gasteiger charge is 2.36. The predicted octanol–water partition coefficient (Wildman–Crippen LogP) is 4.52. The Labute approximate surface area is 179 Å². The number of aliphatic imine (C=N–C) groups is 1. The molecule has 3 N–H and O–H groups in total. The van der Waals surface area contributed by atoms with Crippen LogP contribution in [0.2, 0.25) is 0 Å². The van der Waals surface area contributed by atoms with E-state index in [-0.39, 0.29) is 0 Å². The second kappa shape index (κ2) is 11.4. The highest BCUT2D eigenvalue weighted by molar-refractivity contribution is 5.92. The first kappa shape index (κ1) is 22.7. The summed E-state index contributed by atoms with van der Waals surface area (Å²) in [5, 5.41) is 3.92. The zero-order valence-corrected chi connectivity index (χ0v) is 19.1. The van der Waals surface area contributed by atoms with Gasteiger partial charge >= 0.3 is 0 Å². The van der Waals surface area contributed by atoms with E-state index in [1.165, 1.54) is 69.2 Å². The second-order valence-electron chi connectivity index (χ2n) is 9.75. The van der Waals surface area contributed by atoms with Gasteiger partial charge in [0.1, 0.15) is 0 Å². The maximum absolute atomic E-state index is 5.82. The number of nitrogens with two attached hydrogens (primary N) is 1. The molecule has 1 heterocycles. The van der Waals surface area contributed by atoms with Crippen molar-refractivity contribution in [1.29, 1.82) is 0 Å². The van der Waals surface area contributed by atoms with Gasteiger partial charge in [-0.1, -0.05) is 50.3 Å². The third-order valence-corrected chi connectivity index (χ3v) is 7.47. The Kier molecular flexibility index (Phi) is 8.95. The molecule has 0 radical (unpaired) electrons. The monoisotopic (exact) mass is 400 g/mol. The molecule has 3 aliphatic rings. The zero-order chi connectivity index (χ0) is 20.6. The molecule has 0 spiro atoms. The molecule has 4 nitrogen and oxygen atoms in total. The van der Waals surface area contributed by atoms with Crippen molar-refractivity contribution in [3.05, 3.63) is 23.9 Å². The summed E-state index contributed by atoms with van der Waals surface area (Å²) >= 11 is 0. The summed E-state index contributed by atoms with van der Waals surface area (Å²) < 4.78 is 0. The van der Waals surface area contributed by atoms with Gasteiger partial charge in [0.2, 0.25) is 0 Å². The molecular formula is C25H44N4. The average molecular weight is 401 g/mol. The lowest BCUT2D eigenvalue weighted by Gasteiger charge is -2.44. The number of hydrogen-bond donors (Lipinski definition) is 2. The Morgan fingerprint density at radius 3 is 2.72 bits per heavy atom. The molecule has 1 aliphatic heterocycles. The van der Waals surface area contributed by atoms with Crippen molar-refractivity contribution < 1.29 is 0 Å². The SMILES string of the molecule is C/C=C\N=C1C(C)CCC[C@@H]1N(C/C(C)=C\CN)CC1CC2CCCCC2CN1. The number of piperidine rings is 1. The average Bonchev–Trinajstić information content (AvgIpc) is 2.72. The van der Waals surface area contributed by atoms with E-state index in [1.807, 2.05) is 6.20 Å². The summed E-state index contributed by atoms with van der Waals surface area (Å²) in [7, 11) is 0. The smallest absolute Gasteiger partial charge is 0.0488 e. The van der Waals surface area contributed by atoms with Crippen molar-refractivity contribution >= 4 is 5.71 Å². The van der Waals surface area contributed by atoms with E-state index in [0.29, 0.717) is 24.5 Å². The number of nitrogens with one attached hydrogen (secondary N) is 1. The number of nitrogens with zero attached hydrogens (tertiary/aromatic N) is 2. The molecule has 0 amide bonds. The van der Waals surface area contributed by atoms with Crippen LogP contribution in [0, 0.1) is 17.8 Å². The Balaban J connectivity index is 1.75. The number of fused-ring (bicyclic) bond motifs is 1. The van der Waals surface area contributed by atoms with Crippen LogP contribution in [0.15, 0.2) is 28.9 Å². The molecule has 4 unspecified atom stereocenters. The largest absolute Gasteiger partial charge is 0.327 e. The molecule has 164 valence electrons. The van der Waals surface area contributed by atoms with Crippen LogP contribution in [0.4, 0.5) is 0 Å². The first-order chi connectivity index (χ1) is 14.1. The van der Waals surface area contributed by atoms with Gasteiger partial charge in [0, 0.05) is 43.6 Å². The van der Waals surface area contributed by atoms with Crippen molar-refractivity contribution in [2.24, 2.45) is 28.5 Å². The predicted molar refractivity (Wildman–Crippen MR) is 125 cm³/mol. The fraction of sp³-hybridized carbons (Fsp3) is 0.800. The Bertz CT molecular complexity index is 594. The summed E-state index contributed by atoms with van der Waals surface area (Å²) in [4.78, 5) is 7.65. The quantitative estimate of drug-likeness (QED) is 0.618. The van der Waals surface area contributed by atoms with Crippen LogP contribution in [0.3, 0.4) is 0 Å². The van der Waals surface area contributed by atoms with Crippen molar-refractivity contribution in [3.8, 4) is 0 Å². The first-order valence-electron chi connectivity index (χ1n) is 12.1. The highest BCUT2D eigenvalue weighted by Crippen LogP contribution is 2.36. The molecule has 4 heteroatoms. The van der Waals surface area contributed by atoms with Crippen molar-refractivity contribution in [3.63, 3.8) is 0 Å². The van der Waals surface area contributed by atoms with Gasteiger partial charge in [-0.25, -0.2) is 0 Å². The molecule has 2 aliphatic carbocycles. The maximum Gasteiger partial charge on any atom is 0.0488 e. The van der Waals surface area contributed by atoms with E-state index in [9.17, 15) is 0 Å². The summed E-state index contributed by atoms with van der Waals surface area (Å²) in [5.74, 6) is 2.45. The molecule has 1 saturated heterocycles. The van der Waals surface area contributed by atoms with Crippen LogP contribution in [0.1, 0.15) is 72.1 Å². The lowest BCUT2D eigenvalue weighted by molar-refractivity contribution is 0.121. The minimum absolute atomic E-state index is 0.460. The maximum atomic E-state index is 5.82. The standard InChI is InChI=1S/C25H44N4/c1-4-14-27-25-20(3)8-7-11-24(25)29(17-19(2)12-13-26)18-23-15-21-9-5-6-10-22(21)16-28-23/h4,12,14,20-24,28H,5-11,13,15-18,26H2,1-3H3/b14-4-,19-12-,27-25?/t20?,21?,22?,23?,24-/m0/s1. The third-order valence-electron chi connectivity index (χ3n) is 7.47. The molecule has 0 aromatic rings. The van der Waals surface area contributed by atoms with E-state index in [2.05, 4.69) is 43.1 Å². The zero-order valence-electron chi connectivity index (χ0n) is 19.1. The summed E-state index contributed by atoms with van der Waals surface area (Å²) in [6.45, 7) is 10.7. The van der Waals surface area contributed by atoms with Gasteiger partial charge in [0.05, 0.1) is 0 Å². The van der Waals surface area contributed by atoms with Gasteiger partial charge in [-0.2, -0.15) is 0 Å². The fourth-order valence-corrected chi connectivity index (χ4v) is 5.93. The van der Waals surface area contributed by atoms with Gasteiger partial charge in [-0.3, -0.25) is 9.89 Å². The fourth-order valence-electron chi connectivity index (χ4n) is 5.93. The van der Waals surface area contributed by atoms with E-state index < -0.39 is 0 Å². The molecule has 0 aromatic heterocycles. The Morgan fingerprint density at radius 1 is 1.17 bits per heavy atom. The van der Waals surface area contributed by atoms with Gasteiger partial charge in [-0.05, 0) is 63.8 Å². The minimum Gasteiger partial charge on any atom is -0.327 e. The highest BCUT2D eigenvalue weighted by atomic mass is 15.2. The van der Waals surface area contributed by atoms with Crippen molar-refractivity contribution in [2.45, 2.75) is 84.2 Å². The van der Waals surface area contributed by atoms with E-state index >= 15 is 0 Å². The molecule has 29 heavy (non-hydrogen) atoms. The summed E-state index contributed by atoms with van der Waals surface area (Å²) in [5.41, 5.74) is 8.60. The molecule has 0 aromatic carbocycles. The molecule has 3 fully saturated rings. The molecule has 0 bridgehead atoms. The lowest BCUT2D eigenvalue weighted by Crippen LogP contribution is -2.54. The topological polar surface area (TPSA) is 53.6 Å². The normalized spacial score (nSPS) is 35.4. The first-order valence-corrected chi connectivity index (χ1v) is 12.1. The third kappa shape index (κ3) is 6.26. The van der Waals surface area contributed by atoms with Crippen LogP contribution in [-0.2, 0) is 0 Å². The van der Waals surface area contributed by atoms with Crippen molar-refractivity contribution in [1.82, 2.24) is 10.2 Å².